The van der Waals surface area contributed by atoms with Crippen LogP contribution in [0.15, 0.2) is 29.6 Å². The summed E-state index contributed by atoms with van der Waals surface area (Å²) in [6, 6.07) is 8.34. The number of hydrogen-bond acceptors (Lipinski definition) is 4. The molecule has 3 N–H and O–H groups in total. The van der Waals surface area contributed by atoms with E-state index in [4.69, 9.17) is 5.73 Å². The molecule has 1 aromatic carbocycles. The van der Waals surface area contributed by atoms with E-state index in [9.17, 15) is 4.79 Å². The molecule has 22 heavy (non-hydrogen) atoms. The van der Waals surface area contributed by atoms with Crippen molar-refractivity contribution in [2.45, 2.75) is 39.2 Å². The van der Waals surface area contributed by atoms with Gasteiger partial charge in [0.05, 0.1) is 10.5 Å². The monoisotopic (exact) mass is 317 g/mol. The van der Waals surface area contributed by atoms with Gasteiger partial charge in [-0.25, -0.2) is 4.98 Å². The Morgan fingerprint density at radius 2 is 2.00 bits per heavy atom. The van der Waals surface area contributed by atoms with Crippen molar-refractivity contribution in [3.8, 4) is 0 Å². The minimum absolute atomic E-state index is 0.149. The molecule has 0 aliphatic heterocycles. The molecule has 5 heteroatoms. The van der Waals surface area contributed by atoms with E-state index < -0.39 is 5.54 Å². The number of thiazole rings is 1. The quantitative estimate of drug-likeness (QED) is 0.861. The normalized spacial score (nSPS) is 11.5. The highest BCUT2D eigenvalue weighted by atomic mass is 32.1. The smallest absolute Gasteiger partial charge is 0.271 e. The van der Waals surface area contributed by atoms with E-state index >= 15 is 0 Å². The number of nitrogens with zero attached hydrogens (tertiary/aromatic N) is 1. The molecule has 2 rings (SSSR count). The first-order valence-corrected chi connectivity index (χ1v) is 8.40. The Morgan fingerprint density at radius 3 is 2.59 bits per heavy atom. The molecule has 0 unspecified atom stereocenters. The van der Waals surface area contributed by atoms with Crippen molar-refractivity contribution < 1.29 is 4.79 Å². The molecule has 0 saturated carbocycles. The Bertz CT molecular complexity index is 632. The zero-order valence-corrected chi connectivity index (χ0v) is 14.2. The van der Waals surface area contributed by atoms with Gasteiger partial charge in [0.15, 0.2) is 0 Å². The van der Waals surface area contributed by atoms with Crippen LogP contribution in [0.4, 0.5) is 0 Å². The highest BCUT2D eigenvalue weighted by Gasteiger charge is 2.24. The van der Waals surface area contributed by atoms with E-state index in [0.717, 1.165) is 17.0 Å². The topological polar surface area (TPSA) is 68.0 Å². The maximum atomic E-state index is 12.4. The van der Waals surface area contributed by atoms with Crippen molar-refractivity contribution in [1.29, 1.82) is 0 Å². The van der Waals surface area contributed by atoms with Crippen LogP contribution in [0.25, 0.3) is 0 Å². The summed E-state index contributed by atoms with van der Waals surface area (Å²) in [7, 11) is 0. The van der Waals surface area contributed by atoms with Crippen molar-refractivity contribution in [3.63, 3.8) is 0 Å². The Balaban J connectivity index is 2.10. The van der Waals surface area contributed by atoms with Crippen LogP contribution in [0, 0.1) is 0 Å². The summed E-state index contributed by atoms with van der Waals surface area (Å²) in [4.78, 5) is 16.7. The molecule has 0 fully saturated rings. The van der Waals surface area contributed by atoms with Crippen LogP contribution in [0.3, 0.4) is 0 Å². The minimum Gasteiger partial charge on any atom is -0.342 e. The number of aromatic nitrogens is 1. The first-order chi connectivity index (χ1) is 10.5. The van der Waals surface area contributed by atoms with Gasteiger partial charge in [0.2, 0.25) is 0 Å². The zero-order valence-electron chi connectivity index (χ0n) is 13.3. The van der Waals surface area contributed by atoms with Crippen LogP contribution >= 0.6 is 11.3 Å². The average Bonchev–Trinajstić information content (AvgIpc) is 2.96. The summed E-state index contributed by atoms with van der Waals surface area (Å²) < 4.78 is 0. The second-order valence-electron chi connectivity index (χ2n) is 5.79. The molecule has 118 valence electrons. The van der Waals surface area contributed by atoms with Crippen molar-refractivity contribution in [3.05, 3.63) is 51.5 Å². The fraction of sp³-hybridized carbons (Fsp3) is 0.412. The van der Waals surface area contributed by atoms with Crippen LogP contribution < -0.4 is 11.1 Å². The predicted octanol–water partition coefficient (Wildman–Crippen LogP) is 2.87. The van der Waals surface area contributed by atoms with E-state index in [1.807, 2.05) is 13.8 Å². The second-order valence-corrected chi connectivity index (χ2v) is 6.74. The lowest BCUT2D eigenvalue weighted by molar-refractivity contribution is 0.0907. The number of aryl methyl sites for hydroxylation is 1. The van der Waals surface area contributed by atoms with Crippen molar-refractivity contribution in [1.82, 2.24) is 10.3 Å². The lowest BCUT2D eigenvalue weighted by Crippen LogP contribution is -2.41. The van der Waals surface area contributed by atoms with Crippen molar-refractivity contribution in [2.75, 3.05) is 6.54 Å². The van der Waals surface area contributed by atoms with Gasteiger partial charge in [-0.1, -0.05) is 31.2 Å². The fourth-order valence-corrected chi connectivity index (χ4v) is 3.02. The third-order valence-corrected chi connectivity index (χ3v) is 4.56. The Labute approximate surface area is 135 Å². The summed E-state index contributed by atoms with van der Waals surface area (Å²) in [5, 5.41) is 5.74. The Hall–Kier alpha value is -1.72. The predicted molar refractivity (Wildman–Crippen MR) is 91.2 cm³/mol. The van der Waals surface area contributed by atoms with E-state index in [1.54, 1.807) is 5.38 Å². The number of carbonyl (C=O) groups excluding carboxylic acids is 1. The van der Waals surface area contributed by atoms with Crippen LogP contribution in [0.1, 0.15) is 47.4 Å². The number of benzene rings is 1. The Kier molecular flexibility index (Phi) is 5.32. The van der Waals surface area contributed by atoms with Gasteiger partial charge >= 0.3 is 0 Å². The standard InChI is InChI=1S/C17H23N3OS/c1-4-12-5-7-13(8-6-12)17(2,3)20-16(21)14-11-22-15(19-14)9-10-18/h5-8,11H,4,9-10,18H2,1-3H3,(H,20,21). The molecule has 0 saturated heterocycles. The van der Waals surface area contributed by atoms with Crippen LogP contribution in [-0.2, 0) is 18.4 Å². The minimum atomic E-state index is -0.443. The molecule has 0 radical (unpaired) electrons. The highest BCUT2D eigenvalue weighted by Crippen LogP contribution is 2.21. The third kappa shape index (κ3) is 3.93. The average molecular weight is 317 g/mol. The van der Waals surface area contributed by atoms with Gasteiger partial charge in [0, 0.05) is 11.8 Å². The van der Waals surface area contributed by atoms with E-state index in [1.165, 1.54) is 16.9 Å². The van der Waals surface area contributed by atoms with E-state index in [2.05, 4.69) is 41.5 Å². The molecule has 0 atom stereocenters. The molecule has 2 aromatic rings. The molecular weight excluding hydrogens is 294 g/mol. The molecule has 0 aliphatic carbocycles. The van der Waals surface area contributed by atoms with Gasteiger partial charge in [-0.3, -0.25) is 4.79 Å². The van der Waals surface area contributed by atoms with Gasteiger partial charge in [0.1, 0.15) is 5.69 Å². The van der Waals surface area contributed by atoms with Gasteiger partial charge < -0.3 is 11.1 Å². The number of amides is 1. The van der Waals surface area contributed by atoms with Crippen LogP contribution in [-0.4, -0.2) is 17.4 Å². The number of nitrogens with one attached hydrogen (secondary N) is 1. The van der Waals surface area contributed by atoms with Crippen LogP contribution in [0.2, 0.25) is 0 Å². The van der Waals surface area contributed by atoms with Gasteiger partial charge in [0.25, 0.3) is 5.91 Å². The van der Waals surface area contributed by atoms with Crippen molar-refractivity contribution >= 4 is 17.2 Å². The van der Waals surface area contributed by atoms with Gasteiger partial charge in [-0.05, 0) is 37.9 Å². The first-order valence-electron chi connectivity index (χ1n) is 7.52. The first kappa shape index (κ1) is 16.6. The number of rotatable bonds is 6. The molecular formula is C17H23N3OS. The molecule has 1 amide bonds. The van der Waals surface area contributed by atoms with Crippen LogP contribution in [0.5, 0.6) is 0 Å². The maximum Gasteiger partial charge on any atom is 0.271 e. The number of nitrogens with two attached hydrogens (primary N) is 1. The number of hydrogen-bond donors (Lipinski definition) is 2. The summed E-state index contributed by atoms with van der Waals surface area (Å²) in [5.74, 6) is -0.149. The summed E-state index contributed by atoms with van der Waals surface area (Å²) in [5.41, 5.74) is 7.90. The second kappa shape index (κ2) is 7.03. The lowest BCUT2D eigenvalue weighted by Gasteiger charge is -2.26. The molecule has 0 spiro atoms. The summed E-state index contributed by atoms with van der Waals surface area (Å²) in [6.45, 7) is 6.67. The largest absolute Gasteiger partial charge is 0.342 e. The van der Waals surface area contributed by atoms with Crippen molar-refractivity contribution in [2.24, 2.45) is 5.73 Å². The molecule has 0 bridgehead atoms. The van der Waals surface area contributed by atoms with E-state index in [-0.39, 0.29) is 5.91 Å². The maximum absolute atomic E-state index is 12.4. The molecule has 0 aliphatic rings. The molecule has 1 aromatic heterocycles. The zero-order chi connectivity index (χ0) is 16.2. The third-order valence-electron chi connectivity index (χ3n) is 3.65. The molecule has 4 nitrogen and oxygen atoms in total. The highest BCUT2D eigenvalue weighted by molar-refractivity contribution is 7.09. The molecule has 1 heterocycles. The number of carbonyl (C=O) groups is 1. The van der Waals surface area contributed by atoms with Gasteiger partial charge in [-0.15, -0.1) is 11.3 Å². The van der Waals surface area contributed by atoms with E-state index in [0.29, 0.717) is 18.7 Å². The van der Waals surface area contributed by atoms with Gasteiger partial charge in [-0.2, -0.15) is 0 Å². The lowest BCUT2D eigenvalue weighted by atomic mass is 9.93. The summed E-state index contributed by atoms with van der Waals surface area (Å²) >= 11 is 1.48. The Morgan fingerprint density at radius 1 is 1.32 bits per heavy atom. The fourth-order valence-electron chi connectivity index (χ4n) is 2.23. The summed E-state index contributed by atoms with van der Waals surface area (Å²) in [6.07, 6.45) is 1.72. The SMILES string of the molecule is CCc1ccc(C(C)(C)NC(=O)c2csc(CCN)n2)cc1.